The molecule has 0 amide bonds. The van der Waals surface area contributed by atoms with Crippen molar-refractivity contribution in [2.45, 2.75) is 38.0 Å². The molecule has 1 aliphatic carbocycles. The second kappa shape index (κ2) is 5.50. The lowest BCUT2D eigenvalue weighted by atomic mass is 9.72. The molecule has 22 heavy (non-hydrogen) atoms. The monoisotopic (exact) mass is 314 g/mol. The molecule has 1 fully saturated rings. The van der Waals surface area contributed by atoms with Gasteiger partial charge in [0.15, 0.2) is 0 Å². The molecule has 3 atom stereocenters. The van der Waals surface area contributed by atoms with Crippen molar-refractivity contribution in [1.29, 1.82) is 0 Å². The van der Waals surface area contributed by atoms with Crippen molar-refractivity contribution < 1.29 is 14.3 Å². The van der Waals surface area contributed by atoms with Crippen LogP contribution in [0.15, 0.2) is 42.0 Å². The summed E-state index contributed by atoms with van der Waals surface area (Å²) in [6.07, 6.45) is 2.91. The number of hydrogen-bond donors (Lipinski definition) is 0. The van der Waals surface area contributed by atoms with Gasteiger partial charge in [-0.3, -0.25) is 9.59 Å². The van der Waals surface area contributed by atoms with E-state index in [9.17, 15) is 9.59 Å². The summed E-state index contributed by atoms with van der Waals surface area (Å²) in [5, 5.41) is 0. The molecule has 0 aromatic heterocycles. The molecular formula is C18H22O3Si. The number of hydrogen-bond acceptors (Lipinski definition) is 3. The maximum Gasteiger partial charge on any atom is 0.318 e. The average Bonchev–Trinajstić information content (AvgIpc) is 2.72. The molecule has 0 saturated carbocycles. The Morgan fingerprint density at radius 1 is 1.09 bits per heavy atom. The van der Waals surface area contributed by atoms with Crippen molar-refractivity contribution in [2.75, 3.05) is 0 Å². The minimum Gasteiger partial charge on any atom is -0.393 e. The Bertz CT molecular complexity index is 627. The van der Waals surface area contributed by atoms with E-state index in [1.54, 1.807) is 0 Å². The summed E-state index contributed by atoms with van der Waals surface area (Å²) in [5.74, 6) is -1.37. The Labute approximate surface area is 132 Å². The number of fused-ring (bicyclic) bond motifs is 1. The highest BCUT2D eigenvalue weighted by Gasteiger charge is 2.50. The van der Waals surface area contributed by atoms with Crippen LogP contribution in [-0.4, -0.2) is 20.0 Å². The summed E-state index contributed by atoms with van der Waals surface area (Å²) < 4.78 is 4.94. The first kappa shape index (κ1) is 15.2. The fourth-order valence-corrected chi connectivity index (χ4v) is 5.28. The smallest absolute Gasteiger partial charge is 0.318 e. The lowest BCUT2D eigenvalue weighted by Gasteiger charge is -2.31. The van der Waals surface area contributed by atoms with E-state index in [2.05, 4.69) is 25.7 Å². The number of esters is 2. The fourth-order valence-electron chi connectivity index (χ4n) is 3.66. The quantitative estimate of drug-likeness (QED) is 0.369. The SMILES string of the molecule is C[Si](C)(C)CC1=CC(c2ccccc2)C2C(=O)OC(=O)C2C1. The molecule has 116 valence electrons. The molecule has 1 saturated heterocycles. The summed E-state index contributed by atoms with van der Waals surface area (Å²) in [6.45, 7) is 6.99. The van der Waals surface area contributed by atoms with Gasteiger partial charge in [0.05, 0.1) is 11.8 Å². The van der Waals surface area contributed by atoms with Gasteiger partial charge in [-0.25, -0.2) is 0 Å². The van der Waals surface area contributed by atoms with E-state index < -0.39 is 8.07 Å². The third-order valence-electron chi connectivity index (χ3n) is 4.44. The number of carbonyl (C=O) groups is 2. The number of benzene rings is 1. The molecule has 1 aliphatic heterocycles. The molecule has 0 bridgehead atoms. The lowest BCUT2D eigenvalue weighted by Crippen LogP contribution is -2.30. The van der Waals surface area contributed by atoms with E-state index >= 15 is 0 Å². The molecule has 3 unspecified atom stereocenters. The first-order chi connectivity index (χ1) is 10.3. The van der Waals surface area contributed by atoms with Gasteiger partial charge in [0.25, 0.3) is 0 Å². The van der Waals surface area contributed by atoms with Crippen molar-refractivity contribution >= 4 is 20.0 Å². The number of cyclic esters (lactones) is 2. The zero-order valence-electron chi connectivity index (χ0n) is 13.3. The van der Waals surface area contributed by atoms with Crippen molar-refractivity contribution in [2.24, 2.45) is 11.8 Å². The number of allylic oxidation sites excluding steroid dienone is 2. The summed E-state index contributed by atoms with van der Waals surface area (Å²) in [4.78, 5) is 24.2. The molecule has 0 radical (unpaired) electrons. The van der Waals surface area contributed by atoms with Crippen LogP contribution in [0.25, 0.3) is 0 Å². The Balaban J connectivity index is 2.00. The van der Waals surface area contributed by atoms with Gasteiger partial charge in [0, 0.05) is 14.0 Å². The molecule has 0 spiro atoms. The van der Waals surface area contributed by atoms with Gasteiger partial charge in [0.1, 0.15) is 0 Å². The van der Waals surface area contributed by atoms with Gasteiger partial charge in [-0.15, -0.1) is 0 Å². The summed E-state index contributed by atoms with van der Waals surface area (Å²) >= 11 is 0. The third-order valence-corrected chi connectivity index (χ3v) is 5.95. The van der Waals surface area contributed by atoms with Crippen LogP contribution < -0.4 is 0 Å². The Morgan fingerprint density at radius 2 is 1.77 bits per heavy atom. The molecular weight excluding hydrogens is 292 g/mol. The van der Waals surface area contributed by atoms with Crippen LogP contribution in [0.2, 0.25) is 25.7 Å². The number of rotatable bonds is 3. The molecule has 3 rings (SSSR count). The molecule has 0 N–H and O–H groups in total. The number of ether oxygens (including phenoxy) is 1. The summed E-state index contributed by atoms with van der Waals surface area (Å²) in [6, 6.07) is 11.1. The van der Waals surface area contributed by atoms with Crippen molar-refractivity contribution in [3.63, 3.8) is 0 Å². The van der Waals surface area contributed by atoms with Gasteiger partial charge in [0.2, 0.25) is 0 Å². The molecule has 1 aromatic rings. The fraction of sp³-hybridized carbons (Fsp3) is 0.444. The first-order valence-electron chi connectivity index (χ1n) is 7.85. The van der Waals surface area contributed by atoms with Crippen molar-refractivity contribution in [3.05, 3.63) is 47.5 Å². The van der Waals surface area contributed by atoms with E-state index in [1.165, 1.54) is 5.57 Å². The topological polar surface area (TPSA) is 43.4 Å². The van der Waals surface area contributed by atoms with Crippen LogP contribution in [0.4, 0.5) is 0 Å². The minimum absolute atomic E-state index is 0.0368. The standard InChI is InChI=1S/C18H22O3Si/c1-22(2,3)11-12-9-14(13-7-5-4-6-8-13)16-15(10-12)17(19)21-18(16)20/h4-9,14-16H,10-11H2,1-3H3. The largest absolute Gasteiger partial charge is 0.393 e. The van der Waals surface area contributed by atoms with Gasteiger partial charge >= 0.3 is 11.9 Å². The van der Waals surface area contributed by atoms with Gasteiger partial charge < -0.3 is 4.74 Å². The first-order valence-corrected chi connectivity index (χ1v) is 11.6. The predicted octanol–water partition coefficient (Wildman–Crippen LogP) is 3.75. The summed E-state index contributed by atoms with van der Waals surface area (Å²) in [5.41, 5.74) is 2.41. The van der Waals surface area contributed by atoms with E-state index in [4.69, 9.17) is 4.74 Å². The zero-order valence-corrected chi connectivity index (χ0v) is 14.3. The highest BCUT2D eigenvalue weighted by atomic mass is 28.3. The van der Waals surface area contributed by atoms with Crippen LogP contribution >= 0.6 is 0 Å². The lowest BCUT2D eigenvalue weighted by molar-refractivity contribution is -0.153. The van der Waals surface area contributed by atoms with Crippen LogP contribution in [0, 0.1) is 11.8 Å². The average molecular weight is 314 g/mol. The van der Waals surface area contributed by atoms with Crippen LogP contribution in [0.5, 0.6) is 0 Å². The molecule has 3 nitrogen and oxygen atoms in total. The third kappa shape index (κ3) is 2.93. The minimum atomic E-state index is -1.26. The van der Waals surface area contributed by atoms with Crippen LogP contribution in [0.1, 0.15) is 17.9 Å². The van der Waals surface area contributed by atoms with Crippen molar-refractivity contribution in [1.82, 2.24) is 0 Å². The molecule has 1 aromatic carbocycles. The highest BCUT2D eigenvalue weighted by Crippen LogP contribution is 2.46. The predicted molar refractivity (Wildman–Crippen MR) is 88.1 cm³/mol. The molecule has 1 heterocycles. The van der Waals surface area contributed by atoms with Gasteiger partial charge in [-0.1, -0.05) is 61.6 Å². The van der Waals surface area contributed by atoms with Gasteiger partial charge in [-0.05, 0) is 18.0 Å². The molecule has 4 heteroatoms. The van der Waals surface area contributed by atoms with Crippen molar-refractivity contribution in [3.8, 4) is 0 Å². The Morgan fingerprint density at radius 3 is 2.41 bits per heavy atom. The zero-order chi connectivity index (χ0) is 15.9. The Kier molecular flexibility index (Phi) is 3.81. The maximum absolute atomic E-state index is 12.1. The van der Waals surface area contributed by atoms with E-state index in [1.807, 2.05) is 30.3 Å². The second-order valence-corrected chi connectivity index (χ2v) is 13.1. The van der Waals surface area contributed by atoms with E-state index in [-0.39, 0.29) is 29.7 Å². The maximum atomic E-state index is 12.1. The van der Waals surface area contributed by atoms with E-state index in [0.29, 0.717) is 6.42 Å². The number of carbonyl (C=O) groups excluding carboxylic acids is 2. The normalized spacial score (nSPS) is 28.1. The summed E-state index contributed by atoms with van der Waals surface area (Å²) in [7, 11) is -1.26. The Hall–Kier alpha value is -1.68. The van der Waals surface area contributed by atoms with Crippen LogP contribution in [0.3, 0.4) is 0 Å². The van der Waals surface area contributed by atoms with Crippen LogP contribution in [-0.2, 0) is 14.3 Å². The highest BCUT2D eigenvalue weighted by molar-refractivity contribution is 6.76. The van der Waals surface area contributed by atoms with E-state index in [0.717, 1.165) is 11.6 Å². The van der Waals surface area contributed by atoms with Gasteiger partial charge in [-0.2, -0.15) is 0 Å². The molecule has 2 aliphatic rings. The second-order valence-electron chi connectivity index (χ2n) is 7.58.